The minimum absolute atomic E-state index is 0.189. The third-order valence-electron chi connectivity index (χ3n) is 2.52. The van der Waals surface area contributed by atoms with Crippen molar-refractivity contribution in [2.45, 2.75) is 19.4 Å². The van der Waals surface area contributed by atoms with Crippen molar-refractivity contribution < 1.29 is 13.9 Å². The lowest BCUT2D eigenvalue weighted by molar-refractivity contribution is -0.121. The van der Waals surface area contributed by atoms with E-state index < -0.39 is 11.9 Å². The molecule has 0 aromatic heterocycles. The summed E-state index contributed by atoms with van der Waals surface area (Å²) < 4.78 is 18.4. The molecule has 0 spiro atoms. The Morgan fingerprint density at radius 3 is 2.89 bits per heavy atom. The topological polar surface area (TPSA) is 50.4 Å². The zero-order valence-electron chi connectivity index (χ0n) is 11.0. The van der Waals surface area contributed by atoms with E-state index in [1.54, 1.807) is 20.1 Å². The van der Waals surface area contributed by atoms with Crippen molar-refractivity contribution in [2.75, 3.05) is 25.6 Å². The summed E-state index contributed by atoms with van der Waals surface area (Å²) in [6.07, 6.45) is 0.740. The van der Waals surface area contributed by atoms with Crippen LogP contribution in [-0.2, 0) is 9.53 Å². The average Bonchev–Trinajstić information content (AvgIpc) is 2.37. The van der Waals surface area contributed by atoms with E-state index >= 15 is 0 Å². The van der Waals surface area contributed by atoms with Crippen molar-refractivity contribution in [3.8, 4) is 0 Å². The maximum absolute atomic E-state index is 13.5. The van der Waals surface area contributed by atoms with Gasteiger partial charge in [-0.2, -0.15) is 0 Å². The first-order valence-electron chi connectivity index (χ1n) is 6.03. The molecule has 1 rings (SSSR count). The number of methoxy groups -OCH3 is 1. The molecule has 0 aliphatic rings. The molecule has 4 nitrogen and oxygen atoms in total. The van der Waals surface area contributed by atoms with E-state index in [-0.39, 0.29) is 11.6 Å². The predicted molar refractivity (Wildman–Crippen MR) is 74.0 cm³/mol. The third kappa shape index (κ3) is 5.44. The van der Waals surface area contributed by atoms with Crippen LogP contribution in [0.4, 0.5) is 10.1 Å². The molecule has 0 saturated heterocycles. The Bertz CT molecular complexity index is 429. The van der Waals surface area contributed by atoms with E-state index in [2.05, 4.69) is 10.6 Å². The quantitative estimate of drug-likeness (QED) is 0.758. The van der Waals surface area contributed by atoms with Gasteiger partial charge in [0, 0.05) is 25.3 Å². The first-order valence-corrected chi connectivity index (χ1v) is 6.40. The lowest BCUT2D eigenvalue weighted by atomic mass is 10.2. The number of amides is 1. The van der Waals surface area contributed by atoms with E-state index in [1.165, 1.54) is 12.1 Å². The molecule has 1 atom stereocenters. The summed E-state index contributed by atoms with van der Waals surface area (Å²) >= 11 is 5.66. The molecule has 0 bridgehead atoms. The van der Waals surface area contributed by atoms with Crippen LogP contribution in [0.3, 0.4) is 0 Å². The summed E-state index contributed by atoms with van der Waals surface area (Å²) in [5.41, 5.74) is 0.254. The first kappa shape index (κ1) is 15.7. The Kier molecular flexibility index (Phi) is 6.59. The Morgan fingerprint density at radius 1 is 1.53 bits per heavy atom. The Hall–Kier alpha value is -1.33. The largest absolute Gasteiger partial charge is 0.385 e. The van der Waals surface area contributed by atoms with Gasteiger partial charge in [0.15, 0.2) is 0 Å². The molecule has 0 aliphatic heterocycles. The van der Waals surface area contributed by atoms with Crippen molar-refractivity contribution in [3.63, 3.8) is 0 Å². The molecule has 6 heteroatoms. The summed E-state index contributed by atoms with van der Waals surface area (Å²) in [4.78, 5) is 11.7. The molecule has 1 aromatic rings. The number of anilines is 1. The lowest BCUT2D eigenvalue weighted by Gasteiger charge is -2.15. The van der Waals surface area contributed by atoms with Gasteiger partial charge in [-0.3, -0.25) is 4.79 Å². The van der Waals surface area contributed by atoms with E-state index in [0.717, 1.165) is 6.42 Å². The molecule has 0 fully saturated rings. The minimum atomic E-state index is -0.529. The molecule has 0 radical (unpaired) electrons. The van der Waals surface area contributed by atoms with Gasteiger partial charge in [0.1, 0.15) is 11.9 Å². The van der Waals surface area contributed by atoms with Gasteiger partial charge in [-0.05, 0) is 31.5 Å². The molecule has 106 valence electrons. The average molecular weight is 289 g/mol. The maximum Gasteiger partial charge on any atom is 0.242 e. The molecule has 1 unspecified atom stereocenters. The first-order chi connectivity index (χ1) is 9.04. The normalized spacial score (nSPS) is 12.0. The molecule has 0 aliphatic carbocycles. The minimum Gasteiger partial charge on any atom is -0.385 e. The van der Waals surface area contributed by atoms with Crippen LogP contribution < -0.4 is 10.6 Å². The van der Waals surface area contributed by atoms with E-state index in [1.807, 2.05) is 0 Å². The molecular weight excluding hydrogens is 271 g/mol. The fourth-order valence-electron chi connectivity index (χ4n) is 1.49. The molecule has 1 amide bonds. The van der Waals surface area contributed by atoms with Gasteiger partial charge in [0.2, 0.25) is 5.91 Å². The Balaban J connectivity index is 2.45. The number of rotatable bonds is 7. The summed E-state index contributed by atoms with van der Waals surface area (Å²) in [6.45, 7) is 2.79. The predicted octanol–water partition coefficient (Wildman–Crippen LogP) is 2.43. The van der Waals surface area contributed by atoms with Crippen molar-refractivity contribution >= 4 is 23.2 Å². The SMILES string of the molecule is COCCCNC(=O)C(C)Nc1ccc(Cl)cc1F. The van der Waals surface area contributed by atoms with Gasteiger partial charge >= 0.3 is 0 Å². The summed E-state index contributed by atoms with van der Waals surface area (Å²) in [7, 11) is 1.61. The standard InChI is InChI=1S/C13H18ClFN2O2/c1-9(13(18)16-6-3-7-19-2)17-12-5-4-10(14)8-11(12)15/h4-5,8-9,17H,3,6-7H2,1-2H3,(H,16,18). The van der Waals surface area contributed by atoms with E-state index in [9.17, 15) is 9.18 Å². The Morgan fingerprint density at radius 2 is 2.26 bits per heavy atom. The highest BCUT2D eigenvalue weighted by molar-refractivity contribution is 6.30. The van der Waals surface area contributed by atoms with Gasteiger partial charge < -0.3 is 15.4 Å². The second-order valence-electron chi connectivity index (χ2n) is 4.13. The fraction of sp³-hybridized carbons (Fsp3) is 0.462. The molecular formula is C13H18ClFN2O2. The monoisotopic (exact) mass is 288 g/mol. The van der Waals surface area contributed by atoms with Crippen molar-refractivity contribution in [3.05, 3.63) is 29.0 Å². The van der Waals surface area contributed by atoms with Crippen molar-refractivity contribution in [2.24, 2.45) is 0 Å². The molecule has 0 saturated carbocycles. The fourth-order valence-corrected chi connectivity index (χ4v) is 1.65. The zero-order chi connectivity index (χ0) is 14.3. The Labute approximate surface area is 117 Å². The number of benzene rings is 1. The summed E-state index contributed by atoms with van der Waals surface area (Å²) in [5.74, 6) is -0.669. The number of halogens is 2. The highest BCUT2D eigenvalue weighted by Crippen LogP contribution is 2.19. The lowest BCUT2D eigenvalue weighted by Crippen LogP contribution is -2.38. The smallest absolute Gasteiger partial charge is 0.242 e. The number of ether oxygens (including phenoxy) is 1. The van der Waals surface area contributed by atoms with Gasteiger partial charge in [0.25, 0.3) is 0 Å². The van der Waals surface area contributed by atoms with Crippen molar-refractivity contribution in [1.29, 1.82) is 0 Å². The summed E-state index contributed by atoms with van der Waals surface area (Å²) in [5, 5.41) is 5.86. The van der Waals surface area contributed by atoms with Gasteiger partial charge in [0.05, 0.1) is 5.69 Å². The van der Waals surface area contributed by atoms with Crippen LogP contribution in [0.2, 0.25) is 5.02 Å². The third-order valence-corrected chi connectivity index (χ3v) is 2.76. The van der Waals surface area contributed by atoms with Crippen molar-refractivity contribution in [1.82, 2.24) is 5.32 Å². The second-order valence-corrected chi connectivity index (χ2v) is 4.56. The summed E-state index contributed by atoms with van der Waals surface area (Å²) in [6, 6.07) is 3.74. The van der Waals surface area contributed by atoms with Crippen LogP contribution in [0.5, 0.6) is 0 Å². The number of carbonyl (C=O) groups excluding carboxylic acids is 1. The second kappa shape index (κ2) is 7.96. The molecule has 2 N–H and O–H groups in total. The van der Waals surface area contributed by atoms with Crippen LogP contribution in [0.15, 0.2) is 18.2 Å². The van der Waals surface area contributed by atoms with Crippen LogP contribution in [0.1, 0.15) is 13.3 Å². The number of hydrogen-bond acceptors (Lipinski definition) is 3. The number of carbonyl (C=O) groups is 1. The van der Waals surface area contributed by atoms with Gasteiger partial charge in [-0.25, -0.2) is 4.39 Å². The van der Waals surface area contributed by atoms with Crippen LogP contribution in [0, 0.1) is 5.82 Å². The van der Waals surface area contributed by atoms with E-state index in [4.69, 9.17) is 16.3 Å². The maximum atomic E-state index is 13.5. The highest BCUT2D eigenvalue weighted by Gasteiger charge is 2.13. The molecule has 1 aromatic carbocycles. The number of nitrogens with one attached hydrogen (secondary N) is 2. The van der Waals surface area contributed by atoms with Crippen LogP contribution in [-0.4, -0.2) is 32.2 Å². The van der Waals surface area contributed by atoms with Gasteiger partial charge in [-0.15, -0.1) is 0 Å². The number of hydrogen-bond donors (Lipinski definition) is 2. The van der Waals surface area contributed by atoms with E-state index in [0.29, 0.717) is 18.2 Å². The zero-order valence-corrected chi connectivity index (χ0v) is 11.8. The molecule has 0 heterocycles. The highest BCUT2D eigenvalue weighted by atomic mass is 35.5. The van der Waals surface area contributed by atoms with Crippen LogP contribution >= 0.6 is 11.6 Å². The molecule has 19 heavy (non-hydrogen) atoms. The van der Waals surface area contributed by atoms with Gasteiger partial charge in [-0.1, -0.05) is 11.6 Å². The van der Waals surface area contributed by atoms with Crippen LogP contribution in [0.25, 0.3) is 0 Å².